The Hall–Kier alpha value is -0.660. The molecule has 0 radical (unpaired) electrons. The highest BCUT2D eigenvalue weighted by atomic mass is 32.3. The molecule has 12 heavy (non-hydrogen) atoms. The maximum atomic E-state index is 10.3. The van der Waals surface area contributed by atoms with Gasteiger partial charge in [0, 0.05) is 6.20 Å². The molecular weight excluding hydrogens is 200 g/mol. The molecule has 0 fully saturated rings. The van der Waals surface area contributed by atoms with Crippen molar-refractivity contribution >= 4 is 21.9 Å². The summed E-state index contributed by atoms with van der Waals surface area (Å²) in [6.07, 6.45) is 1.48. The van der Waals surface area contributed by atoms with E-state index in [1.807, 2.05) is 0 Å². The molecule has 0 saturated heterocycles. The monoisotopic (exact) mass is 206 g/mol. The van der Waals surface area contributed by atoms with Gasteiger partial charge in [0.05, 0.1) is 0 Å². The second-order valence-corrected chi connectivity index (χ2v) is 4.72. The minimum Gasteiger partial charge on any atom is -0.285 e. The summed E-state index contributed by atoms with van der Waals surface area (Å²) in [5, 5.41) is 7.23. The lowest BCUT2D eigenvalue weighted by Gasteiger charge is -1.95. The largest absolute Gasteiger partial charge is 0.285 e. The summed E-state index contributed by atoms with van der Waals surface area (Å²) in [7, 11) is -3.93. The zero-order valence-corrected chi connectivity index (χ0v) is 7.55. The van der Waals surface area contributed by atoms with Gasteiger partial charge in [-0.15, -0.1) is 5.10 Å². The maximum Gasteiger partial charge on any atom is 0.274 e. The van der Waals surface area contributed by atoms with Gasteiger partial charge in [-0.3, -0.25) is 4.55 Å². The van der Waals surface area contributed by atoms with Crippen LogP contribution in [0.15, 0.2) is 23.4 Å². The van der Waals surface area contributed by atoms with Crippen LogP contribution in [0.25, 0.3) is 0 Å². The lowest BCUT2D eigenvalue weighted by molar-refractivity contribution is 0.489. The van der Waals surface area contributed by atoms with Gasteiger partial charge in [-0.05, 0) is 12.1 Å². The fraction of sp³-hybridized carbons (Fsp3) is 0.200. The normalized spacial score (nSPS) is 11.4. The van der Waals surface area contributed by atoms with E-state index in [9.17, 15) is 8.42 Å². The Balaban J connectivity index is 2.56. The highest BCUT2D eigenvalue weighted by Gasteiger charge is 2.05. The molecule has 0 aliphatic rings. The quantitative estimate of drug-likeness (QED) is 0.570. The number of hydrogen-bond donors (Lipinski definition) is 1. The molecule has 0 spiro atoms. The highest BCUT2D eigenvalue weighted by molar-refractivity contribution is 8.10. The third-order valence-electron chi connectivity index (χ3n) is 0.904. The van der Waals surface area contributed by atoms with E-state index in [2.05, 4.69) is 10.2 Å². The van der Waals surface area contributed by atoms with Crippen LogP contribution in [0.1, 0.15) is 0 Å². The Morgan fingerprint density at radius 1 is 1.58 bits per heavy atom. The minimum atomic E-state index is -3.93. The summed E-state index contributed by atoms with van der Waals surface area (Å²) in [5.41, 5.74) is 0. The zero-order valence-electron chi connectivity index (χ0n) is 5.91. The van der Waals surface area contributed by atoms with Gasteiger partial charge in [-0.2, -0.15) is 13.5 Å². The topological polar surface area (TPSA) is 80.2 Å². The summed E-state index contributed by atoms with van der Waals surface area (Å²) in [6, 6.07) is 3.25. The first-order chi connectivity index (χ1) is 5.58. The average Bonchev–Trinajstić information content (AvgIpc) is 2.02. The van der Waals surface area contributed by atoms with E-state index in [0.717, 1.165) is 11.8 Å². The fourth-order valence-corrected chi connectivity index (χ4v) is 1.86. The van der Waals surface area contributed by atoms with Crippen molar-refractivity contribution in [1.29, 1.82) is 0 Å². The Bertz CT molecular complexity index is 337. The van der Waals surface area contributed by atoms with Gasteiger partial charge in [-0.25, -0.2) is 0 Å². The van der Waals surface area contributed by atoms with Crippen molar-refractivity contribution in [2.24, 2.45) is 0 Å². The van der Waals surface area contributed by atoms with E-state index in [0.29, 0.717) is 5.03 Å². The number of aromatic nitrogens is 2. The van der Waals surface area contributed by atoms with E-state index in [1.54, 1.807) is 12.1 Å². The lowest BCUT2D eigenvalue weighted by Crippen LogP contribution is -2.00. The number of thioether (sulfide) groups is 1. The van der Waals surface area contributed by atoms with Gasteiger partial charge >= 0.3 is 0 Å². The molecule has 0 amide bonds. The lowest BCUT2D eigenvalue weighted by atomic mass is 10.6. The molecule has 1 heterocycles. The first kappa shape index (κ1) is 9.43. The molecular formula is C5H6N2O3S2. The van der Waals surface area contributed by atoms with Crippen LogP contribution in [0.3, 0.4) is 0 Å². The summed E-state index contributed by atoms with van der Waals surface area (Å²) in [4.78, 5) is 0. The third-order valence-corrected chi connectivity index (χ3v) is 3.08. The van der Waals surface area contributed by atoms with E-state index in [-0.39, 0.29) is 0 Å². The van der Waals surface area contributed by atoms with Crippen LogP contribution < -0.4 is 0 Å². The molecule has 0 unspecified atom stereocenters. The van der Waals surface area contributed by atoms with Crippen LogP contribution >= 0.6 is 11.8 Å². The van der Waals surface area contributed by atoms with Crippen LogP contribution in [-0.4, -0.2) is 28.3 Å². The second-order valence-electron chi connectivity index (χ2n) is 1.91. The van der Waals surface area contributed by atoms with Crippen molar-refractivity contribution in [3.63, 3.8) is 0 Å². The van der Waals surface area contributed by atoms with E-state index < -0.39 is 15.2 Å². The SMILES string of the molecule is O=S(=O)(O)CSc1cccnn1. The van der Waals surface area contributed by atoms with E-state index >= 15 is 0 Å². The van der Waals surface area contributed by atoms with Crippen LogP contribution in [0.4, 0.5) is 0 Å². The van der Waals surface area contributed by atoms with Crippen molar-refractivity contribution < 1.29 is 13.0 Å². The summed E-state index contributed by atoms with van der Waals surface area (Å²) in [5.74, 6) is 0. The van der Waals surface area contributed by atoms with Crippen LogP contribution in [0.2, 0.25) is 0 Å². The molecule has 1 aromatic rings. The van der Waals surface area contributed by atoms with Crippen molar-refractivity contribution in [2.45, 2.75) is 5.03 Å². The molecule has 0 saturated carbocycles. The van der Waals surface area contributed by atoms with Gasteiger partial charge in [0.25, 0.3) is 10.1 Å². The molecule has 0 aliphatic carbocycles. The first-order valence-electron chi connectivity index (χ1n) is 2.93. The number of rotatable bonds is 3. The Kier molecular flexibility index (Phi) is 3.01. The summed E-state index contributed by atoms with van der Waals surface area (Å²) < 4.78 is 29.0. The predicted molar refractivity (Wildman–Crippen MR) is 44.3 cm³/mol. The van der Waals surface area contributed by atoms with Crippen molar-refractivity contribution in [2.75, 3.05) is 5.08 Å². The van der Waals surface area contributed by atoms with Crippen LogP contribution in [-0.2, 0) is 10.1 Å². The predicted octanol–water partition coefficient (Wildman–Crippen LogP) is 0.414. The fourth-order valence-electron chi connectivity index (χ4n) is 0.499. The van der Waals surface area contributed by atoms with Crippen molar-refractivity contribution in [1.82, 2.24) is 10.2 Å². The molecule has 1 aromatic heterocycles. The Morgan fingerprint density at radius 3 is 2.83 bits per heavy atom. The molecule has 1 N–H and O–H groups in total. The molecule has 0 aromatic carbocycles. The van der Waals surface area contributed by atoms with Crippen molar-refractivity contribution in [3.05, 3.63) is 18.3 Å². The summed E-state index contributed by atoms with van der Waals surface area (Å²) >= 11 is 0.916. The molecule has 7 heteroatoms. The van der Waals surface area contributed by atoms with Gasteiger partial charge in [0.1, 0.15) is 10.1 Å². The first-order valence-corrected chi connectivity index (χ1v) is 5.53. The smallest absolute Gasteiger partial charge is 0.274 e. The van der Waals surface area contributed by atoms with Crippen molar-refractivity contribution in [3.8, 4) is 0 Å². The minimum absolute atomic E-state index is 0.397. The molecule has 5 nitrogen and oxygen atoms in total. The standard InChI is InChI=1S/C5H6N2O3S2/c8-12(9,10)4-11-5-2-1-3-6-7-5/h1-3H,4H2,(H,8,9,10). The van der Waals surface area contributed by atoms with Crippen LogP contribution in [0.5, 0.6) is 0 Å². The third kappa shape index (κ3) is 3.65. The number of nitrogens with zero attached hydrogens (tertiary/aromatic N) is 2. The molecule has 66 valence electrons. The average molecular weight is 206 g/mol. The number of hydrogen-bond acceptors (Lipinski definition) is 5. The van der Waals surface area contributed by atoms with Gasteiger partial charge < -0.3 is 0 Å². The second kappa shape index (κ2) is 3.83. The molecule has 0 bridgehead atoms. The zero-order chi connectivity index (χ0) is 9.03. The van der Waals surface area contributed by atoms with E-state index in [1.165, 1.54) is 6.20 Å². The maximum absolute atomic E-state index is 10.3. The van der Waals surface area contributed by atoms with Crippen LogP contribution in [0, 0.1) is 0 Å². The highest BCUT2D eigenvalue weighted by Crippen LogP contribution is 2.14. The van der Waals surface area contributed by atoms with Gasteiger partial charge in [0.15, 0.2) is 0 Å². The Morgan fingerprint density at radius 2 is 2.33 bits per heavy atom. The molecule has 0 aliphatic heterocycles. The van der Waals surface area contributed by atoms with Gasteiger partial charge in [-0.1, -0.05) is 11.8 Å². The summed E-state index contributed by atoms with van der Waals surface area (Å²) in [6.45, 7) is 0. The molecule has 1 rings (SSSR count). The molecule has 0 atom stereocenters. The Labute approximate surface area is 74.0 Å². The van der Waals surface area contributed by atoms with E-state index in [4.69, 9.17) is 4.55 Å². The van der Waals surface area contributed by atoms with Gasteiger partial charge in [0.2, 0.25) is 0 Å².